The van der Waals surface area contributed by atoms with Gasteiger partial charge in [-0.05, 0) is 26.0 Å². The molecule has 0 radical (unpaired) electrons. The lowest BCUT2D eigenvalue weighted by Gasteiger charge is -2.18. The van der Waals surface area contributed by atoms with Crippen LogP contribution in [0.15, 0.2) is 37.1 Å². The van der Waals surface area contributed by atoms with Gasteiger partial charge in [0.2, 0.25) is 0 Å². The van der Waals surface area contributed by atoms with Gasteiger partial charge in [0.1, 0.15) is 12.1 Å². The summed E-state index contributed by atoms with van der Waals surface area (Å²) in [7, 11) is 0. The number of nitrogens with two attached hydrogens (primary N) is 1. The van der Waals surface area contributed by atoms with E-state index in [9.17, 15) is 4.79 Å². The lowest BCUT2D eigenvalue weighted by atomic mass is 10.1. The molecule has 2 aromatic heterocycles. The molecule has 6 heteroatoms. The Morgan fingerprint density at radius 2 is 2.26 bits per heavy atom. The highest BCUT2D eigenvalue weighted by molar-refractivity contribution is 5.93. The fourth-order valence-corrected chi connectivity index (χ4v) is 1.48. The summed E-state index contributed by atoms with van der Waals surface area (Å²) in [5, 5.41) is 2.77. The number of amides is 1. The molecule has 0 aliphatic carbocycles. The van der Waals surface area contributed by atoms with Crippen molar-refractivity contribution >= 4 is 5.91 Å². The Morgan fingerprint density at radius 3 is 2.79 bits per heavy atom. The van der Waals surface area contributed by atoms with Crippen molar-refractivity contribution < 1.29 is 4.79 Å². The molecule has 2 rings (SSSR count). The van der Waals surface area contributed by atoms with Crippen LogP contribution in [-0.2, 0) is 0 Å². The van der Waals surface area contributed by atoms with Gasteiger partial charge >= 0.3 is 0 Å². The average Bonchev–Trinajstić information content (AvgIpc) is 2.89. The Bertz CT molecular complexity index is 539. The van der Waals surface area contributed by atoms with E-state index >= 15 is 0 Å². The minimum absolute atomic E-state index is 0.178. The third-order valence-electron chi connectivity index (χ3n) is 2.48. The van der Waals surface area contributed by atoms with Gasteiger partial charge in [-0.25, -0.2) is 9.97 Å². The van der Waals surface area contributed by atoms with Crippen LogP contribution in [0.5, 0.6) is 0 Å². The van der Waals surface area contributed by atoms with E-state index in [4.69, 9.17) is 5.73 Å². The molecule has 19 heavy (non-hydrogen) atoms. The third kappa shape index (κ3) is 3.62. The molecule has 0 spiro atoms. The van der Waals surface area contributed by atoms with Crippen LogP contribution in [0.2, 0.25) is 0 Å². The second kappa shape index (κ2) is 5.19. The van der Waals surface area contributed by atoms with Crippen molar-refractivity contribution in [3.63, 3.8) is 0 Å². The maximum atomic E-state index is 11.9. The molecule has 6 nitrogen and oxygen atoms in total. The summed E-state index contributed by atoms with van der Waals surface area (Å²) in [6, 6.07) is 3.49. The summed E-state index contributed by atoms with van der Waals surface area (Å²) in [6.07, 6.45) is 6.65. The number of pyridine rings is 1. The number of rotatable bonds is 4. The highest BCUT2D eigenvalue weighted by Gasteiger charge is 2.13. The van der Waals surface area contributed by atoms with E-state index in [1.54, 1.807) is 35.4 Å². The van der Waals surface area contributed by atoms with Gasteiger partial charge in [-0.1, -0.05) is 0 Å². The number of nitrogens with one attached hydrogen (secondary N) is 1. The molecule has 0 saturated heterocycles. The minimum Gasteiger partial charge on any atom is -0.350 e. The second-order valence-corrected chi connectivity index (χ2v) is 5.05. The summed E-state index contributed by atoms with van der Waals surface area (Å²) in [4.78, 5) is 20.0. The van der Waals surface area contributed by atoms with Gasteiger partial charge in [-0.15, -0.1) is 0 Å². The number of carbonyl (C=O) groups is 1. The van der Waals surface area contributed by atoms with Gasteiger partial charge in [0.15, 0.2) is 0 Å². The standard InChI is InChI=1S/C13H17N5O/c1-13(2,14)8-17-12(19)10-3-4-11(16-7-10)18-6-5-15-9-18/h3-7,9H,8,14H2,1-2H3,(H,17,19). The van der Waals surface area contributed by atoms with Crippen LogP contribution in [-0.4, -0.2) is 32.5 Å². The fourth-order valence-electron chi connectivity index (χ4n) is 1.48. The fraction of sp³-hybridized carbons (Fsp3) is 0.308. The second-order valence-electron chi connectivity index (χ2n) is 5.05. The summed E-state index contributed by atoms with van der Waals surface area (Å²) in [5.74, 6) is 0.538. The van der Waals surface area contributed by atoms with Crippen LogP contribution in [0.25, 0.3) is 5.82 Å². The van der Waals surface area contributed by atoms with Gasteiger partial charge in [-0.2, -0.15) is 0 Å². The molecule has 0 unspecified atom stereocenters. The van der Waals surface area contributed by atoms with Crippen LogP contribution in [0.3, 0.4) is 0 Å². The maximum absolute atomic E-state index is 11.9. The zero-order chi connectivity index (χ0) is 13.9. The third-order valence-corrected chi connectivity index (χ3v) is 2.48. The predicted octanol–water partition coefficient (Wildman–Crippen LogP) is 0.734. The molecule has 3 N–H and O–H groups in total. The van der Waals surface area contributed by atoms with E-state index in [0.717, 1.165) is 0 Å². The smallest absolute Gasteiger partial charge is 0.252 e. The molecular formula is C13H17N5O. The van der Waals surface area contributed by atoms with Gasteiger partial charge in [0, 0.05) is 30.7 Å². The number of nitrogens with zero attached hydrogens (tertiary/aromatic N) is 3. The van der Waals surface area contributed by atoms with Crippen LogP contribution in [0.1, 0.15) is 24.2 Å². The molecule has 0 atom stereocenters. The number of imidazole rings is 1. The Balaban J connectivity index is 2.04. The minimum atomic E-state index is -0.431. The summed E-state index contributed by atoms with van der Waals surface area (Å²) in [5.41, 5.74) is 5.89. The quantitative estimate of drug-likeness (QED) is 0.847. The first-order valence-electron chi connectivity index (χ1n) is 5.97. The Labute approximate surface area is 111 Å². The molecule has 0 saturated carbocycles. The zero-order valence-electron chi connectivity index (χ0n) is 11.0. The van der Waals surface area contributed by atoms with Crippen molar-refractivity contribution in [1.82, 2.24) is 19.9 Å². The number of hydrogen-bond acceptors (Lipinski definition) is 4. The Kier molecular flexibility index (Phi) is 3.62. The number of hydrogen-bond donors (Lipinski definition) is 2. The van der Waals surface area contributed by atoms with Crippen LogP contribution in [0, 0.1) is 0 Å². The van der Waals surface area contributed by atoms with Gasteiger partial charge in [0.25, 0.3) is 5.91 Å². The van der Waals surface area contributed by atoms with Crippen molar-refractivity contribution in [2.75, 3.05) is 6.54 Å². The first-order valence-corrected chi connectivity index (χ1v) is 5.97. The molecule has 2 aromatic rings. The molecule has 2 heterocycles. The largest absolute Gasteiger partial charge is 0.350 e. The van der Waals surface area contributed by atoms with Crippen LogP contribution in [0.4, 0.5) is 0 Å². The lowest BCUT2D eigenvalue weighted by molar-refractivity contribution is 0.0945. The molecule has 100 valence electrons. The van der Waals surface area contributed by atoms with Crippen molar-refractivity contribution in [3.8, 4) is 5.82 Å². The van der Waals surface area contributed by atoms with Gasteiger partial charge in [0.05, 0.1) is 5.56 Å². The Hall–Kier alpha value is -2.21. The SMILES string of the molecule is CC(C)(N)CNC(=O)c1ccc(-n2ccnc2)nc1. The first-order chi connectivity index (χ1) is 8.96. The summed E-state index contributed by atoms with van der Waals surface area (Å²) >= 11 is 0. The molecule has 0 fully saturated rings. The van der Waals surface area contributed by atoms with Crippen molar-refractivity contribution in [1.29, 1.82) is 0 Å². The van der Waals surface area contributed by atoms with Crippen molar-refractivity contribution in [3.05, 3.63) is 42.6 Å². The maximum Gasteiger partial charge on any atom is 0.252 e. The monoisotopic (exact) mass is 259 g/mol. The van der Waals surface area contributed by atoms with E-state index in [2.05, 4.69) is 15.3 Å². The highest BCUT2D eigenvalue weighted by atomic mass is 16.1. The first kappa shape index (κ1) is 13.2. The van der Waals surface area contributed by atoms with Crippen molar-refractivity contribution in [2.24, 2.45) is 5.73 Å². The van der Waals surface area contributed by atoms with E-state index in [1.807, 2.05) is 13.8 Å². The van der Waals surface area contributed by atoms with E-state index in [0.29, 0.717) is 17.9 Å². The summed E-state index contributed by atoms with van der Waals surface area (Å²) in [6.45, 7) is 4.12. The van der Waals surface area contributed by atoms with Gasteiger partial charge in [-0.3, -0.25) is 9.36 Å². The highest BCUT2D eigenvalue weighted by Crippen LogP contribution is 2.05. The molecule has 1 amide bonds. The molecular weight excluding hydrogens is 242 g/mol. The summed E-state index contributed by atoms with van der Waals surface area (Å²) < 4.78 is 1.77. The average molecular weight is 259 g/mol. The van der Waals surface area contributed by atoms with E-state index in [-0.39, 0.29) is 5.91 Å². The molecule has 0 aliphatic heterocycles. The molecule has 0 aromatic carbocycles. The number of carbonyl (C=O) groups excluding carboxylic acids is 1. The zero-order valence-corrected chi connectivity index (χ0v) is 11.0. The topological polar surface area (TPSA) is 85.8 Å². The molecule has 0 bridgehead atoms. The van der Waals surface area contributed by atoms with E-state index < -0.39 is 5.54 Å². The van der Waals surface area contributed by atoms with Gasteiger partial charge < -0.3 is 11.1 Å². The van der Waals surface area contributed by atoms with E-state index in [1.165, 1.54) is 6.20 Å². The van der Waals surface area contributed by atoms with Crippen LogP contribution >= 0.6 is 0 Å². The normalized spacial score (nSPS) is 11.3. The lowest BCUT2D eigenvalue weighted by Crippen LogP contribution is -2.45. The molecule has 0 aliphatic rings. The van der Waals surface area contributed by atoms with Crippen molar-refractivity contribution in [2.45, 2.75) is 19.4 Å². The van der Waals surface area contributed by atoms with Crippen LogP contribution < -0.4 is 11.1 Å². The Morgan fingerprint density at radius 1 is 1.47 bits per heavy atom. The number of aromatic nitrogens is 3. The predicted molar refractivity (Wildman–Crippen MR) is 72.0 cm³/mol.